The molecule has 1 aliphatic rings. The second kappa shape index (κ2) is 9.65. The maximum absolute atomic E-state index is 12.7. The van der Waals surface area contributed by atoms with Gasteiger partial charge in [0.2, 0.25) is 0 Å². The average molecular weight is 402 g/mol. The van der Waals surface area contributed by atoms with Gasteiger partial charge in [-0.05, 0) is 24.6 Å². The third kappa shape index (κ3) is 5.12. The quantitative estimate of drug-likeness (QED) is 0.685. The minimum absolute atomic E-state index is 0.0109. The van der Waals surface area contributed by atoms with Crippen molar-refractivity contribution in [1.82, 2.24) is 15.2 Å². The van der Waals surface area contributed by atoms with E-state index < -0.39 is 0 Å². The average Bonchev–Trinajstić information content (AvgIpc) is 2.79. The van der Waals surface area contributed by atoms with Crippen LogP contribution in [0.3, 0.4) is 0 Å². The third-order valence-electron chi connectivity index (χ3n) is 5.36. The molecule has 30 heavy (non-hydrogen) atoms. The summed E-state index contributed by atoms with van der Waals surface area (Å²) < 4.78 is 5.87. The van der Waals surface area contributed by atoms with Crippen molar-refractivity contribution in [3.63, 3.8) is 0 Å². The topological polar surface area (TPSA) is 54.5 Å². The number of nitrogens with one attached hydrogen (secondary N) is 1. The van der Waals surface area contributed by atoms with E-state index in [1.165, 1.54) is 5.56 Å². The van der Waals surface area contributed by atoms with Gasteiger partial charge in [0.1, 0.15) is 0 Å². The van der Waals surface area contributed by atoms with E-state index in [1.54, 1.807) is 0 Å². The number of hydrogen-bond acceptors (Lipinski definition) is 4. The number of rotatable bonds is 6. The molecule has 1 unspecified atom stereocenters. The standard InChI is InChI=1S/C25H27N3O2/c1-19-23(12-13-24(27-19)21-10-6-3-7-11-21)25(29)26-16-22-18-28(14-15-30-22)17-20-8-4-2-5-9-20/h2-13,22H,14-18H2,1H3,(H,26,29). The van der Waals surface area contributed by atoms with E-state index in [0.717, 1.165) is 36.6 Å². The maximum atomic E-state index is 12.7. The SMILES string of the molecule is Cc1nc(-c2ccccc2)ccc1C(=O)NCC1CN(Cc2ccccc2)CCO1. The normalized spacial score (nSPS) is 16.9. The van der Waals surface area contributed by atoms with Crippen LogP contribution in [-0.2, 0) is 11.3 Å². The number of morpholine rings is 1. The lowest BCUT2D eigenvalue weighted by Gasteiger charge is -2.33. The van der Waals surface area contributed by atoms with Crippen molar-refractivity contribution >= 4 is 5.91 Å². The van der Waals surface area contributed by atoms with Gasteiger partial charge in [0.25, 0.3) is 5.91 Å². The van der Waals surface area contributed by atoms with Gasteiger partial charge < -0.3 is 10.1 Å². The van der Waals surface area contributed by atoms with Crippen molar-refractivity contribution in [3.8, 4) is 11.3 Å². The molecule has 2 aromatic carbocycles. The van der Waals surface area contributed by atoms with Gasteiger partial charge in [-0.15, -0.1) is 0 Å². The highest BCUT2D eigenvalue weighted by Gasteiger charge is 2.21. The molecule has 5 nitrogen and oxygen atoms in total. The molecule has 1 aliphatic heterocycles. The Bertz CT molecular complexity index is 976. The van der Waals surface area contributed by atoms with E-state index in [4.69, 9.17) is 4.74 Å². The maximum Gasteiger partial charge on any atom is 0.253 e. The van der Waals surface area contributed by atoms with Crippen molar-refractivity contribution in [2.45, 2.75) is 19.6 Å². The van der Waals surface area contributed by atoms with Crippen LogP contribution in [0.4, 0.5) is 0 Å². The summed E-state index contributed by atoms with van der Waals surface area (Å²) in [5.74, 6) is -0.108. The first-order valence-electron chi connectivity index (χ1n) is 10.4. The Kier molecular flexibility index (Phi) is 6.52. The van der Waals surface area contributed by atoms with Crippen LogP contribution in [0.15, 0.2) is 72.8 Å². The molecule has 0 radical (unpaired) electrons. The van der Waals surface area contributed by atoms with Crippen LogP contribution >= 0.6 is 0 Å². The summed E-state index contributed by atoms with van der Waals surface area (Å²) in [4.78, 5) is 19.7. The second-order valence-corrected chi connectivity index (χ2v) is 7.62. The molecular formula is C25H27N3O2. The molecule has 4 rings (SSSR count). The fraction of sp³-hybridized carbons (Fsp3) is 0.280. The van der Waals surface area contributed by atoms with Crippen molar-refractivity contribution in [2.24, 2.45) is 0 Å². The van der Waals surface area contributed by atoms with Crippen LogP contribution in [0, 0.1) is 6.92 Å². The Morgan fingerprint density at radius 2 is 1.80 bits per heavy atom. The van der Waals surface area contributed by atoms with Crippen molar-refractivity contribution < 1.29 is 9.53 Å². The smallest absolute Gasteiger partial charge is 0.253 e. The molecular weight excluding hydrogens is 374 g/mol. The number of carbonyl (C=O) groups is 1. The Balaban J connectivity index is 1.33. The summed E-state index contributed by atoms with van der Waals surface area (Å²) in [6.45, 7) is 5.66. The second-order valence-electron chi connectivity index (χ2n) is 7.62. The van der Waals surface area contributed by atoms with E-state index in [-0.39, 0.29) is 12.0 Å². The zero-order chi connectivity index (χ0) is 20.8. The van der Waals surface area contributed by atoms with Gasteiger partial charge >= 0.3 is 0 Å². The lowest BCUT2D eigenvalue weighted by Crippen LogP contribution is -2.47. The molecule has 3 aromatic rings. The number of hydrogen-bond donors (Lipinski definition) is 1. The highest BCUT2D eigenvalue weighted by Crippen LogP contribution is 2.18. The number of benzene rings is 2. The Morgan fingerprint density at radius 1 is 1.07 bits per heavy atom. The van der Waals surface area contributed by atoms with E-state index in [2.05, 4.69) is 39.5 Å². The Hall–Kier alpha value is -3.02. The molecule has 1 N–H and O–H groups in total. The summed E-state index contributed by atoms with van der Waals surface area (Å²) in [6, 6.07) is 24.2. The summed E-state index contributed by atoms with van der Waals surface area (Å²) in [5, 5.41) is 3.02. The summed E-state index contributed by atoms with van der Waals surface area (Å²) in [7, 11) is 0. The van der Waals surface area contributed by atoms with Crippen LogP contribution < -0.4 is 5.32 Å². The van der Waals surface area contributed by atoms with Gasteiger partial charge in [-0.3, -0.25) is 14.7 Å². The van der Waals surface area contributed by atoms with E-state index in [0.29, 0.717) is 18.7 Å². The van der Waals surface area contributed by atoms with Crippen LogP contribution in [-0.4, -0.2) is 48.1 Å². The highest BCUT2D eigenvalue weighted by atomic mass is 16.5. The summed E-state index contributed by atoms with van der Waals surface area (Å²) >= 11 is 0. The minimum atomic E-state index is -0.108. The zero-order valence-electron chi connectivity index (χ0n) is 17.3. The molecule has 1 fully saturated rings. The number of aryl methyl sites for hydroxylation is 1. The molecule has 1 aromatic heterocycles. The predicted octanol–water partition coefficient (Wildman–Crippen LogP) is 3.69. The molecule has 1 amide bonds. The molecule has 1 saturated heterocycles. The Morgan fingerprint density at radius 3 is 2.53 bits per heavy atom. The lowest BCUT2D eigenvalue weighted by molar-refractivity contribution is -0.0292. The lowest BCUT2D eigenvalue weighted by atomic mass is 10.1. The van der Waals surface area contributed by atoms with Gasteiger partial charge in [-0.25, -0.2) is 0 Å². The molecule has 1 atom stereocenters. The van der Waals surface area contributed by atoms with Crippen LogP contribution in [0.1, 0.15) is 21.6 Å². The molecule has 5 heteroatoms. The molecule has 0 spiro atoms. The zero-order valence-corrected chi connectivity index (χ0v) is 17.3. The highest BCUT2D eigenvalue weighted by molar-refractivity contribution is 5.95. The Labute approximate surface area is 177 Å². The largest absolute Gasteiger partial charge is 0.374 e. The number of carbonyl (C=O) groups excluding carboxylic acids is 1. The number of nitrogens with zero attached hydrogens (tertiary/aromatic N) is 2. The molecule has 0 saturated carbocycles. The van der Waals surface area contributed by atoms with Gasteiger partial charge in [0.15, 0.2) is 0 Å². The van der Waals surface area contributed by atoms with E-state index in [9.17, 15) is 4.79 Å². The van der Waals surface area contributed by atoms with Gasteiger partial charge in [0, 0.05) is 31.7 Å². The summed E-state index contributed by atoms with van der Waals surface area (Å²) in [5.41, 5.74) is 4.54. The van der Waals surface area contributed by atoms with E-state index in [1.807, 2.05) is 55.5 Å². The molecule has 2 heterocycles. The fourth-order valence-corrected chi connectivity index (χ4v) is 3.76. The van der Waals surface area contributed by atoms with Crippen molar-refractivity contribution in [2.75, 3.05) is 26.2 Å². The molecule has 0 aliphatic carbocycles. The number of aromatic nitrogens is 1. The first-order valence-corrected chi connectivity index (χ1v) is 10.4. The van der Waals surface area contributed by atoms with Gasteiger partial charge in [-0.1, -0.05) is 60.7 Å². The van der Waals surface area contributed by atoms with Crippen LogP contribution in [0.2, 0.25) is 0 Å². The first-order chi connectivity index (χ1) is 14.7. The predicted molar refractivity (Wildman–Crippen MR) is 118 cm³/mol. The monoisotopic (exact) mass is 401 g/mol. The van der Waals surface area contributed by atoms with Crippen LogP contribution in [0.25, 0.3) is 11.3 Å². The number of amides is 1. The van der Waals surface area contributed by atoms with Gasteiger partial charge in [-0.2, -0.15) is 0 Å². The number of pyridine rings is 1. The first kappa shape index (κ1) is 20.3. The fourth-order valence-electron chi connectivity index (χ4n) is 3.76. The van der Waals surface area contributed by atoms with Crippen molar-refractivity contribution in [3.05, 3.63) is 89.6 Å². The van der Waals surface area contributed by atoms with Crippen molar-refractivity contribution in [1.29, 1.82) is 0 Å². The summed E-state index contributed by atoms with van der Waals surface area (Å²) in [6.07, 6.45) is -0.0109. The number of ether oxygens (including phenoxy) is 1. The van der Waals surface area contributed by atoms with E-state index >= 15 is 0 Å². The minimum Gasteiger partial charge on any atom is -0.374 e. The van der Waals surface area contributed by atoms with Gasteiger partial charge in [0.05, 0.1) is 29.7 Å². The molecule has 154 valence electrons. The third-order valence-corrected chi connectivity index (χ3v) is 5.36. The van der Waals surface area contributed by atoms with Crippen LogP contribution in [0.5, 0.6) is 0 Å². The molecule has 0 bridgehead atoms.